The van der Waals surface area contributed by atoms with Crippen LogP contribution in [0.4, 0.5) is 0 Å². The van der Waals surface area contributed by atoms with E-state index in [2.05, 4.69) is 36.1 Å². The van der Waals surface area contributed by atoms with Crippen LogP contribution in [0.25, 0.3) is 0 Å². The molecular formula is C16H25N3O. The topological polar surface area (TPSA) is 49.6 Å². The van der Waals surface area contributed by atoms with Crippen LogP contribution in [0.15, 0.2) is 24.3 Å². The third kappa shape index (κ3) is 3.81. The fourth-order valence-corrected chi connectivity index (χ4v) is 2.61. The van der Waals surface area contributed by atoms with Crippen LogP contribution in [-0.4, -0.2) is 48.4 Å². The number of amides is 1. The Labute approximate surface area is 121 Å². The Morgan fingerprint density at radius 1 is 1.30 bits per heavy atom. The normalized spacial score (nSPS) is 18.1. The molecule has 1 aliphatic heterocycles. The van der Waals surface area contributed by atoms with Crippen LogP contribution in [0.5, 0.6) is 0 Å². The lowest BCUT2D eigenvalue weighted by Crippen LogP contribution is -2.50. The standard InChI is InChI=1S/C16H25N3O/c1-13-4-3-5-15(10-13)12-18-6-8-19(9-7-18)16(20)14(2)11-17/h3-5,10,14H,6-9,11-12,17H2,1-2H3. The van der Waals surface area contributed by atoms with Crippen LogP contribution < -0.4 is 5.73 Å². The Kier molecular flexibility index (Phi) is 5.15. The minimum Gasteiger partial charge on any atom is -0.340 e. The first-order valence-corrected chi connectivity index (χ1v) is 7.37. The zero-order chi connectivity index (χ0) is 14.5. The third-order valence-electron chi connectivity index (χ3n) is 3.95. The van der Waals surface area contributed by atoms with Crippen molar-refractivity contribution in [2.75, 3.05) is 32.7 Å². The van der Waals surface area contributed by atoms with Gasteiger partial charge >= 0.3 is 0 Å². The average Bonchev–Trinajstić information content (AvgIpc) is 2.46. The minimum atomic E-state index is -0.0571. The van der Waals surface area contributed by atoms with Crippen molar-refractivity contribution in [3.8, 4) is 0 Å². The highest BCUT2D eigenvalue weighted by Crippen LogP contribution is 2.11. The molecule has 1 unspecified atom stereocenters. The number of hydrogen-bond acceptors (Lipinski definition) is 3. The number of carbonyl (C=O) groups excluding carboxylic acids is 1. The van der Waals surface area contributed by atoms with E-state index >= 15 is 0 Å². The molecule has 4 heteroatoms. The Hall–Kier alpha value is -1.39. The van der Waals surface area contributed by atoms with Crippen molar-refractivity contribution in [3.63, 3.8) is 0 Å². The average molecular weight is 275 g/mol. The van der Waals surface area contributed by atoms with Crippen LogP contribution in [-0.2, 0) is 11.3 Å². The molecule has 2 N–H and O–H groups in total. The minimum absolute atomic E-state index is 0.0571. The molecule has 1 amide bonds. The van der Waals surface area contributed by atoms with E-state index in [1.54, 1.807) is 0 Å². The van der Waals surface area contributed by atoms with Gasteiger partial charge in [-0.05, 0) is 12.5 Å². The SMILES string of the molecule is Cc1cccc(CN2CCN(C(=O)C(C)CN)CC2)c1. The molecule has 1 saturated heterocycles. The zero-order valence-electron chi connectivity index (χ0n) is 12.5. The van der Waals surface area contributed by atoms with Gasteiger partial charge in [0, 0.05) is 45.2 Å². The second kappa shape index (κ2) is 6.86. The first-order chi connectivity index (χ1) is 9.60. The second-order valence-corrected chi connectivity index (χ2v) is 5.73. The van der Waals surface area contributed by atoms with E-state index in [9.17, 15) is 4.79 Å². The van der Waals surface area contributed by atoms with E-state index in [0.29, 0.717) is 6.54 Å². The molecule has 0 aromatic heterocycles. The number of aryl methyl sites for hydroxylation is 1. The predicted octanol–water partition coefficient (Wildman–Crippen LogP) is 1.23. The van der Waals surface area contributed by atoms with E-state index in [-0.39, 0.29) is 11.8 Å². The van der Waals surface area contributed by atoms with E-state index < -0.39 is 0 Å². The van der Waals surface area contributed by atoms with Gasteiger partial charge in [0.25, 0.3) is 0 Å². The highest BCUT2D eigenvalue weighted by molar-refractivity contribution is 5.78. The maximum atomic E-state index is 12.1. The largest absolute Gasteiger partial charge is 0.340 e. The van der Waals surface area contributed by atoms with E-state index in [4.69, 9.17) is 5.73 Å². The smallest absolute Gasteiger partial charge is 0.226 e. The lowest BCUT2D eigenvalue weighted by atomic mass is 10.1. The van der Waals surface area contributed by atoms with Crippen molar-refractivity contribution >= 4 is 5.91 Å². The van der Waals surface area contributed by atoms with Gasteiger partial charge in [0.1, 0.15) is 0 Å². The molecule has 110 valence electrons. The number of hydrogen-bond donors (Lipinski definition) is 1. The first-order valence-electron chi connectivity index (χ1n) is 7.37. The van der Waals surface area contributed by atoms with Crippen molar-refractivity contribution in [3.05, 3.63) is 35.4 Å². The lowest BCUT2D eigenvalue weighted by molar-refractivity contribution is -0.136. The van der Waals surface area contributed by atoms with Gasteiger partial charge in [0.15, 0.2) is 0 Å². The van der Waals surface area contributed by atoms with E-state index in [0.717, 1.165) is 32.7 Å². The molecule has 0 radical (unpaired) electrons. The van der Waals surface area contributed by atoms with Crippen LogP contribution in [0.1, 0.15) is 18.1 Å². The molecule has 20 heavy (non-hydrogen) atoms. The van der Waals surface area contributed by atoms with Crippen molar-refractivity contribution in [2.24, 2.45) is 11.7 Å². The molecule has 1 atom stereocenters. The maximum absolute atomic E-state index is 12.1. The first kappa shape index (κ1) is 15.0. The van der Waals surface area contributed by atoms with Crippen LogP contribution in [0.3, 0.4) is 0 Å². The monoisotopic (exact) mass is 275 g/mol. The summed E-state index contributed by atoms with van der Waals surface area (Å²) < 4.78 is 0. The summed E-state index contributed by atoms with van der Waals surface area (Å²) in [6, 6.07) is 8.62. The Morgan fingerprint density at radius 2 is 2.00 bits per heavy atom. The molecule has 1 aromatic rings. The predicted molar refractivity (Wildman–Crippen MR) is 81.3 cm³/mol. The van der Waals surface area contributed by atoms with Crippen LogP contribution in [0, 0.1) is 12.8 Å². The van der Waals surface area contributed by atoms with Crippen LogP contribution in [0.2, 0.25) is 0 Å². The molecule has 0 saturated carbocycles. The van der Waals surface area contributed by atoms with Gasteiger partial charge in [-0.2, -0.15) is 0 Å². The summed E-state index contributed by atoms with van der Waals surface area (Å²) in [6.07, 6.45) is 0. The molecule has 0 bridgehead atoms. The van der Waals surface area contributed by atoms with Crippen molar-refractivity contribution in [1.82, 2.24) is 9.80 Å². The fraction of sp³-hybridized carbons (Fsp3) is 0.562. The summed E-state index contributed by atoms with van der Waals surface area (Å²) in [6.45, 7) is 8.94. The maximum Gasteiger partial charge on any atom is 0.226 e. The fourth-order valence-electron chi connectivity index (χ4n) is 2.61. The van der Waals surface area contributed by atoms with Gasteiger partial charge in [-0.25, -0.2) is 0 Å². The summed E-state index contributed by atoms with van der Waals surface area (Å²) in [7, 11) is 0. The zero-order valence-corrected chi connectivity index (χ0v) is 12.5. The summed E-state index contributed by atoms with van der Waals surface area (Å²) in [4.78, 5) is 16.4. The molecule has 2 rings (SSSR count). The molecule has 1 fully saturated rings. The summed E-state index contributed by atoms with van der Waals surface area (Å²) in [5, 5.41) is 0. The Morgan fingerprint density at radius 3 is 2.60 bits per heavy atom. The lowest BCUT2D eigenvalue weighted by Gasteiger charge is -2.35. The quantitative estimate of drug-likeness (QED) is 0.899. The van der Waals surface area contributed by atoms with E-state index in [1.165, 1.54) is 11.1 Å². The summed E-state index contributed by atoms with van der Waals surface area (Å²) in [5.74, 6) is 0.140. The molecular weight excluding hydrogens is 250 g/mol. The molecule has 0 spiro atoms. The Balaban J connectivity index is 1.84. The number of nitrogens with two attached hydrogens (primary N) is 1. The molecule has 4 nitrogen and oxygen atoms in total. The van der Waals surface area contributed by atoms with Gasteiger partial charge in [0.2, 0.25) is 5.91 Å². The molecule has 1 aliphatic rings. The number of nitrogens with zero attached hydrogens (tertiary/aromatic N) is 2. The molecule has 1 aromatic carbocycles. The van der Waals surface area contributed by atoms with Crippen molar-refractivity contribution in [2.45, 2.75) is 20.4 Å². The summed E-state index contributed by atoms with van der Waals surface area (Å²) >= 11 is 0. The Bertz CT molecular complexity index is 453. The number of piperazine rings is 1. The van der Waals surface area contributed by atoms with Crippen LogP contribution >= 0.6 is 0 Å². The molecule has 1 heterocycles. The molecule has 0 aliphatic carbocycles. The van der Waals surface area contributed by atoms with E-state index in [1.807, 2.05) is 11.8 Å². The van der Waals surface area contributed by atoms with Gasteiger partial charge in [0.05, 0.1) is 0 Å². The van der Waals surface area contributed by atoms with Gasteiger partial charge in [-0.3, -0.25) is 9.69 Å². The van der Waals surface area contributed by atoms with Gasteiger partial charge in [-0.15, -0.1) is 0 Å². The highest BCUT2D eigenvalue weighted by atomic mass is 16.2. The second-order valence-electron chi connectivity index (χ2n) is 5.73. The number of rotatable bonds is 4. The summed E-state index contributed by atoms with van der Waals surface area (Å²) in [5.41, 5.74) is 8.21. The number of carbonyl (C=O) groups is 1. The van der Waals surface area contributed by atoms with Crippen molar-refractivity contribution in [1.29, 1.82) is 0 Å². The van der Waals surface area contributed by atoms with Gasteiger partial charge in [-0.1, -0.05) is 36.8 Å². The van der Waals surface area contributed by atoms with Crippen molar-refractivity contribution < 1.29 is 4.79 Å². The third-order valence-corrected chi connectivity index (χ3v) is 3.95. The number of benzene rings is 1. The highest BCUT2D eigenvalue weighted by Gasteiger charge is 2.23. The van der Waals surface area contributed by atoms with Gasteiger partial charge < -0.3 is 10.6 Å².